The van der Waals surface area contributed by atoms with Gasteiger partial charge < -0.3 is 9.73 Å². The second-order valence-electron chi connectivity index (χ2n) is 6.19. The molecular formula is C23H18N2O3S. The van der Waals surface area contributed by atoms with Gasteiger partial charge in [-0.15, -0.1) is 0 Å². The van der Waals surface area contributed by atoms with E-state index in [0.717, 1.165) is 17.3 Å². The van der Waals surface area contributed by atoms with E-state index < -0.39 is 5.78 Å². The van der Waals surface area contributed by atoms with E-state index in [2.05, 4.69) is 5.32 Å². The molecule has 0 aliphatic heterocycles. The minimum Gasteiger partial charge on any atom is -0.461 e. The lowest BCUT2D eigenvalue weighted by molar-refractivity contribution is 0.0990. The van der Waals surface area contributed by atoms with Crippen molar-refractivity contribution in [1.82, 2.24) is 0 Å². The molecule has 5 nitrogen and oxygen atoms in total. The Balaban J connectivity index is 1.91. The number of carbonyl (C=O) groups is 2. The van der Waals surface area contributed by atoms with Crippen LogP contribution in [0.2, 0.25) is 0 Å². The smallest absolute Gasteiger partial charge is 0.208 e. The summed E-state index contributed by atoms with van der Waals surface area (Å²) in [6.45, 7) is 1.92. The second-order valence-corrected chi connectivity index (χ2v) is 7.18. The van der Waals surface area contributed by atoms with Crippen molar-refractivity contribution in [2.24, 2.45) is 0 Å². The predicted octanol–water partition coefficient (Wildman–Crippen LogP) is 5.23. The summed E-state index contributed by atoms with van der Waals surface area (Å²) >= 11 is 1.10. The normalized spacial score (nSPS) is 11.3. The van der Waals surface area contributed by atoms with E-state index in [1.54, 1.807) is 24.3 Å². The Morgan fingerprint density at radius 2 is 1.76 bits per heavy atom. The van der Waals surface area contributed by atoms with Gasteiger partial charge in [0.2, 0.25) is 11.6 Å². The molecule has 6 heteroatoms. The van der Waals surface area contributed by atoms with E-state index >= 15 is 0 Å². The fraction of sp³-hybridized carbons (Fsp3) is 0.0870. The number of thioether (sulfide) groups is 1. The first kappa shape index (κ1) is 20.2. The Morgan fingerprint density at radius 1 is 1.03 bits per heavy atom. The molecule has 0 aliphatic carbocycles. The summed E-state index contributed by atoms with van der Waals surface area (Å²) in [4.78, 5) is 25.3. The van der Waals surface area contributed by atoms with E-state index in [-0.39, 0.29) is 22.9 Å². The Kier molecular flexibility index (Phi) is 6.67. The molecule has 0 spiro atoms. The summed E-state index contributed by atoms with van der Waals surface area (Å²) in [5, 5.41) is 13.2. The van der Waals surface area contributed by atoms with Gasteiger partial charge in [-0.3, -0.25) is 9.59 Å². The standard InChI is InChI=1S/C23H18N2O3S/c1-16-9-11-17(12-10-16)22(27)19(14-24)23(25-18-6-3-2-4-7-18)29-15-20(26)21-8-5-13-28-21/h2-13,25H,15H2,1H3/b23-19+. The first-order valence-corrected chi connectivity index (χ1v) is 9.84. The number of hydrogen-bond donors (Lipinski definition) is 1. The average molecular weight is 402 g/mol. The van der Waals surface area contributed by atoms with Crippen LogP contribution in [-0.2, 0) is 0 Å². The van der Waals surface area contributed by atoms with Crippen LogP contribution in [0, 0.1) is 18.3 Å². The van der Waals surface area contributed by atoms with Crippen LogP contribution >= 0.6 is 11.8 Å². The maximum atomic E-state index is 13.0. The third-order valence-corrected chi connectivity index (χ3v) is 5.06. The molecule has 0 fully saturated rings. The molecule has 0 atom stereocenters. The van der Waals surface area contributed by atoms with Crippen LogP contribution in [0.1, 0.15) is 26.5 Å². The zero-order chi connectivity index (χ0) is 20.6. The zero-order valence-electron chi connectivity index (χ0n) is 15.7. The van der Waals surface area contributed by atoms with Crippen molar-refractivity contribution in [2.45, 2.75) is 6.92 Å². The van der Waals surface area contributed by atoms with Crippen LogP contribution in [0.3, 0.4) is 0 Å². The third-order valence-electron chi connectivity index (χ3n) is 4.05. The fourth-order valence-corrected chi connectivity index (χ4v) is 3.41. The molecule has 2 aromatic carbocycles. The molecule has 0 saturated carbocycles. The minimum absolute atomic E-state index is 0.0229. The highest BCUT2D eigenvalue weighted by Gasteiger charge is 2.20. The number of ketones is 2. The zero-order valence-corrected chi connectivity index (χ0v) is 16.5. The maximum absolute atomic E-state index is 13.0. The largest absolute Gasteiger partial charge is 0.461 e. The lowest BCUT2D eigenvalue weighted by Gasteiger charge is -2.12. The van der Waals surface area contributed by atoms with E-state index in [1.165, 1.54) is 6.26 Å². The molecule has 3 aromatic rings. The predicted molar refractivity (Wildman–Crippen MR) is 114 cm³/mol. The minimum atomic E-state index is -0.399. The number of aryl methyl sites for hydroxylation is 1. The quantitative estimate of drug-likeness (QED) is 0.315. The maximum Gasteiger partial charge on any atom is 0.208 e. The molecule has 1 N–H and O–H groups in total. The molecule has 1 aromatic heterocycles. The number of hydrogen-bond acceptors (Lipinski definition) is 6. The fourth-order valence-electron chi connectivity index (χ4n) is 2.52. The van der Waals surface area contributed by atoms with Gasteiger partial charge >= 0.3 is 0 Å². The molecule has 3 rings (SSSR count). The second kappa shape index (κ2) is 9.58. The van der Waals surface area contributed by atoms with Crippen LogP contribution in [0.4, 0.5) is 5.69 Å². The number of carbonyl (C=O) groups excluding carboxylic acids is 2. The Morgan fingerprint density at radius 3 is 2.38 bits per heavy atom. The number of furan rings is 1. The Labute approximate surface area is 173 Å². The summed E-state index contributed by atoms with van der Waals surface area (Å²) in [5.74, 6) is -0.370. The number of rotatable bonds is 8. The number of nitrogens with zero attached hydrogens (tertiary/aromatic N) is 1. The highest BCUT2D eigenvalue weighted by molar-refractivity contribution is 8.03. The third kappa shape index (κ3) is 5.24. The number of nitriles is 1. The van der Waals surface area contributed by atoms with Gasteiger partial charge in [-0.2, -0.15) is 5.26 Å². The van der Waals surface area contributed by atoms with Gasteiger partial charge in [0.25, 0.3) is 0 Å². The number of para-hydroxylation sites is 1. The molecule has 0 bridgehead atoms. The molecule has 0 aliphatic rings. The van der Waals surface area contributed by atoms with Crippen molar-refractivity contribution >= 4 is 29.0 Å². The molecule has 29 heavy (non-hydrogen) atoms. The Bertz CT molecular complexity index is 1060. The molecule has 0 saturated heterocycles. The lowest BCUT2D eigenvalue weighted by atomic mass is 10.0. The summed E-state index contributed by atoms with van der Waals surface area (Å²) in [6.07, 6.45) is 1.43. The van der Waals surface area contributed by atoms with Crippen LogP contribution in [0.15, 0.2) is 88.0 Å². The first-order chi connectivity index (χ1) is 14.1. The van der Waals surface area contributed by atoms with Crippen molar-refractivity contribution in [3.8, 4) is 6.07 Å². The van der Waals surface area contributed by atoms with Gasteiger partial charge in [0.1, 0.15) is 11.6 Å². The number of allylic oxidation sites excluding steroid dienone is 1. The molecular weight excluding hydrogens is 384 g/mol. The van der Waals surface area contributed by atoms with Crippen LogP contribution < -0.4 is 5.32 Å². The topological polar surface area (TPSA) is 83.1 Å². The summed E-state index contributed by atoms with van der Waals surface area (Å²) in [7, 11) is 0. The summed E-state index contributed by atoms with van der Waals surface area (Å²) in [6, 6.07) is 21.4. The summed E-state index contributed by atoms with van der Waals surface area (Å²) in [5.41, 5.74) is 2.10. The van der Waals surface area contributed by atoms with Gasteiger partial charge in [-0.1, -0.05) is 59.8 Å². The van der Waals surface area contributed by atoms with Crippen molar-refractivity contribution in [3.05, 3.63) is 100 Å². The van der Waals surface area contributed by atoms with Crippen LogP contribution in [0.5, 0.6) is 0 Å². The van der Waals surface area contributed by atoms with E-state index in [4.69, 9.17) is 4.42 Å². The number of nitrogens with one attached hydrogen (secondary N) is 1. The molecule has 0 radical (unpaired) electrons. The number of Topliss-reactive ketones (excluding diaryl/α,β-unsaturated/α-hetero) is 2. The molecule has 144 valence electrons. The number of benzene rings is 2. The van der Waals surface area contributed by atoms with Crippen LogP contribution in [0.25, 0.3) is 0 Å². The van der Waals surface area contributed by atoms with E-state index in [1.807, 2.05) is 55.5 Å². The highest BCUT2D eigenvalue weighted by Crippen LogP contribution is 2.26. The van der Waals surface area contributed by atoms with Gasteiger partial charge in [-0.25, -0.2) is 0 Å². The average Bonchev–Trinajstić information content (AvgIpc) is 3.28. The van der Waals surface area contributed by atoms with Crippen molar-refractivity contribution in [3.63, 3.8) is 0 Å². The molecule has 0 unspecified atom stereocenters. The summed E-state index contributed by atoms with van der Waals surface area (Å²) < 4.78 is 5.13. The monoisotopic (exact) mass is 402 g/mol. The van der Waals surface area contributed by atoms with Crippen molar-refractivity contribution < 1.29 is 14.0 Å². The SMILES string of the molecule is Cc1ccc(C(=O)/C(C#N)=C(\Nc2ccccc2)SCC(=O)c2ccco2)cc1. The Hall–Kier alpha value is -3.56. The van der Waals surface area contributed by atoms with E-state index in [0.29, 0.717) is 16.3 Å². The lowest BCUT2D eigenvalue weighted by Crippen LogP contribution is -2.11. The van der Waals surface area contributed by atoms with Crippen LogP contribution in [-0.4, -0.2) is 17.3 Å². The molecule has 1 heterocycles. The van der Waals surface area contributed by atoms with Gasteiger partial charge in [0, 0.05) is 11.3 Å². The van der Waals surface area contributed by atoms with Gasteiger partial charge in [0.05, 0.1) is 17.0 Å². The van der Waals surface area contributed by atoms with E-state index in [9.17, 15) is 14.9 Å². The van der Waals surface area contributed by atoms with Crippen molar-refractivity contribution in [1.29, 1.82) is 5.26 Å². The molecule has 0 amide bonds. The number of anilines is 1. The van der Waals surface area contributed by atoms with Gasteiger partial charge in [-0.05, 0) is 31.2 Å². The van der Waals surface area contributed by atoms with Crippen molar-refractivity contribution in [2.75, 3.05) is 11.1 Å². The van der Waals surface area contributed by atoms with Gasteiger partial charge in [0.15, 0.2) is 5.76 Å². The first-order valence-electron chi connectivity index (χ1n) is 8.86. The highest BCUT2D eigenvalue weighted by atomic mass is 32.2.